The van der Waals surface area contributed by atoms with Crippen molar-refractivity contribution in [3.05, 3.63) is 90.1 Å². The van der Waals surface area contributed by atoms with Crippen LogP contribution in [0.25, 0.3) is 10.9 Å². The Labute approximate surface area is 155 Å². The van der Waals surface area contributed by atoms with E-state index in [4.69, 9.17) is 10.5 Å². The summed E-state index contributed by atoms with van der Waals surface area (Å²) in [5, 5.41) is 1.08. The van der Waals surface area contributed by atoms with Gasteiger partial charge in [0.15, 0.2) is 0 Å². The van der Waals surface area contributed by atoms with Crippen LogP contribution in [-0.4, -0.2) is 4.98 Å². The number of fused-ring (bicyclic) bond motifs is 3. The fourth-order valence-corrected chi connectivity index (χ4v) is 4.24. The number of nitrogens with two attached hydrogens (primary N) is 1. The lowest BCUT2D eigenvalue weighted by Gasteiger charge is -2.22. The maximum atomic E-state index is 6.62. The summed E-state index contributed by atoms with van der Waals surface area (Å²) in [7, 11) is 0. The Balaban J connectivity index is 1.55. The Bertz CT molecular complexity index is 1120. The molecule has 0 bridgehead atoms. The maximum Gasteiger partial charge on any atom is 0.141 e. The van der Waals surface area contributed by atoms with Crippen molar-refractivity contribution in [2.75, 3.05) is 0 Å². The predicted molar refractivity (Wildman–Crippen MR) is 105 cm³/mol. The van der Waals surface area contributed by atoms with E-state index < -0.39 is 0 Å². The highest BCUT2D eigenvalue weighted by Crippen LogP contribution is 2.47. The molecule has 0 amide bonds. The minimum absolute atomic E-state index is 0.237. The average molecular weight is 356 g/mol. The number of nitrogens with zero attached hydrogens (tertiary/aromatic N) is 1. The van der Waals surface area contributed by atoms with Crippen LogP contribution in [0.4, 0.5) is 0 Å². The van der Waals surface area contributed by atoms with Crippen LogP contribution >= 0.6 is 11.8 Å². The first-order valence-corrected chi connectivity index (χ1v) is 9.29. The van der Waals surface area contributed by atoms with E-state index in [0.29, 0.717) is 0 Å². The summed E-state index contributed by atoms with van der Waals surface area (Å²) in [5.41, 5.74) is 9.67. The number of aromatic nitrogens is 1. The van der Waals surface area contributed by atoms with Crippen molar-refractivity contribution in [3.8, 4) is 11.5 Å². The Morgan fingerprint density at radius 1 is 0.846 bits per heavy atom. The lowest BCUT2D eigenvalue weighted by atomic mass is 9.96. The predicted octanol–water partition coefficient (Wildman–Crippen LogP) is 5.54. The zero-order chi connectivity index (χ0) is 17.5. The van der Waals surface area contributed by atoms with E-state index in [-0.39, 0.29) is 6.04 Å². The Kier molecular flexibility index (Phi) is 3.66. The van der Waals surface area contributed by atoms with Gasteiger partial charge in [-0.05, 0) is 47.5 Å². The van der Waals surface area contributed by atoms with E-state index >= 15 is 0 Å². The molecule has 3 nitrogen and oxygen atoms in total. The Morgan fingerprint density at radius 2 is 1.65 bits per heavy atom. The molecule has 3 aromatic carbocycles. The van der Waals surface area contributed by atoms with Gasteiger partial charge >= 0.3 is 0 Å². The lowest BCUT2D eigenvalue weighted by molar-refractivity contribution is 0.453. The molecule has 1 unspecified atom stereocenters. The molecule has 1 aromatic heterocycles. The van der Waals surface area contributed by atoms with Crippen LogP contribution in [0.1, 0.15) is 17.2 Å². The molecular formula is C22H16N2OS. The summed E-state index contributed by atoms with van der Waals surface area (Å²) < 4.78 is 6.10. The van der Waals surface area contributed by atoms with Gasteiger partial charge in [-0.15, -0.1) is 0 Å². The molecule has 1 atom stereocenters. The maximum absolute atomic E-state index is 6.62. The second-order valence-corrected chi connectivity index (χ2v) is 7.34. The monoisotopic (exact) mass is 356 g/mol. The summed E-state index contributed by atoms with van der Waals surface area (Å²) in [6.45, 7) is 0. The van der Waals surface area contributed by atoms with Gasteiger partial charge in [0.25, 0.3) is 0 Å². The highest BCUT2D eigenvalue weighted by molar-refractivity contribution is 7.99. The number of ether oxygens (including phenoxy) is 1. The smallest absolute Gasteiger partial charge is 0.141 e. The molecule has 0 radical (unpaired) electrons. The van der Waals surface area contributed by atoms with Crippen LogP contribution in [0.3, 0.4) is 0 Å². The number of hydrogen-bond donors (Lipinski definition) is 1. The molecule has 2 N–H and O–H groups in total. The van der Waals surface area contributed by atoms with Crippen molar-refractivity contribution < 1.29 is 4.74 Å². The Morgan fingerprint density at radius 3 is 2.62 bits per heavy atom. The van der Waals surface area contributed by atoms with Crippen molar-refractivity contribution in [1.29, 1.82) is 0 Å². The number of rotatable bonds is 2. The van der Waals surface area contributed by atoms with Gasteiger partial charge in [-0.25, -0.2) is 0 Å². The number of benzene rings is 3. The first-order valence-electron chi connectivity index (χ1n) is 8.47. The van der Waals surface area contributed by atoms with Crippen molar-refractivity contribution in [1.82, 2.24) is 4.98 Å². The van der Waals surface area contributed by atoms with Gasteiger partial charge in [0, 0.05) is 11.6 Å². The highest BCUT2D eigenvalue weighted by atomic mass is 32.2. The van der Waals surface area contributed by atoms with Crippen LogP contribution in [-0.2, 0) is 0 Å². The SMILES string of the molecule is NC(c1ccc2c(c1)Oc1ccccc1S2)c1ccnc2ccccc12. The summed E-state index contributed by atoms with van der Waals surface area (Å²) in [5.74, 6) is 1.75. The van der Waals surface area contributed by atoms with Gasteiger partial charge < -0.3 is 10.5 Å². The van der Waals surface area contributed by atoms with Crippen molar-refractivity contribution in [2.24, 2.45) is 5.73 Å². The van der Waals surface area contributed by atoms with Crippen LogP contribution in [0.5, 0.6) is 11.5 Å². The molecule has 4 heteroatoms. The molecule has 26 heavy (non-hydrogen) atoms. The van der Waals surface area contributed by atoms with Crippen LogP contribution in [0.15, 0.2) is 88.8 Å². The van der Waals surface area contributed by atoms with Gasteiger partial charge in [-0.1, -0.05) is 48.2 Å². The molecule has 1 aliphatic heterocycles. The van der Waals surface area contributed by atoms with E-state index in [0.717, 1.165) is 43.3 Å². The summed E-state index contributed by atoms with van der Waals surface area (Å²) in [4.78, 5) is 6.68. The zero-order valence-electron chi connectivity index (χ0n) is 13.9. The molecule has 126 valence electrons. The standard InChI is InChI=1S/C22H16N2OS/c23-22(16-11-12-24-17-6-2-1-5-15(16)17)14-9-10-21-19(13-14)25-18-7-3-4-8-20(18)26-21/h1-13,22H,23H2. The first-order chi connectivity index (χ1) is 12.8. The summed E-state index contributed by atoms with van der Waals surface area (Å²) in [6.07, 6.45) is 1.82. The topological polar surface area (TPSA) is 48.1 Å². The first kappa shape index (κ1) is 15.4. The van der Waals surface area contributed by atoms with Gasteiger partial charge in [0.2, 0.25) is 0 Å². The Hall–Kier alpha value is -2.82. The number of para-hydroxylation sites is 2. The van der Waals surface area contributed by atoms with Gasteiger partial charge in [0.05, 0.1) is 21.3 Å². The number of hydrogen-bond acceptors (Lipinski definition) is 4. The zero-order valence-corrected chi connectivity index (χ0v) is 14.7. The third kappa shape index (κ3) is 2.55. The summed E-state index contributed by atoms with van der Waals surface area (Å²) >= 11 is 1.73. The summed E-state index contributed by atoms with van der Waals surface area (Å²) in [6, 6.07) is 24.2. The van der Waals surface area contributed by atoms with Crippen LogP contribution < -0.4 is 10.5 Å². The number of pyridine rings is 1. The molecule has 0 fully saturated rings. The van der Waals surface area contributed by atoms with Gasteiger partial charge in [-0.3, -0.25) is 4.98 Å². The van der Waals surface area contributed by atoms with E-state index in [1.165, 1.54) is 0 Å². The largest absolute Gasteiger partial charge is 0.455 e. The van der Waals surface area contributed by atoms with E-state index in [9.17, 15) is 0 Å². The lowest BCUT2D eigenvalue weighted by Crippen LogP contribution is -2.13. The molecule has 5 rings (SSSR count). The quantitative estimate of drug-likeness (QED) is 0.451. The second kappa shape index (κ2) is 6.16. The molecular weight excluding hydrogens is 340 g/mol. The third-order valence-corrected chi connectivity index (χ3v) is 5.75. The van der Waals surface area contributed by atoms with Crippen molar-refractivity contribution in [3.63, 3.8) is 0 Å². The third-order valence-electron chi connectivity index (χ3n) is 4.63. The molecule has 0 saturated carbocycles. The van der Waals surface area contributed by atoms with Gasteiger partial charge in [0.1, 0.15) is 11.5 Å². The minimum atomic E-state index is -0.237. The molecule has 2 heterocycles. The van der Waals surface area contributed by atoms with Crippen LogP contribution in [0.2, 0.25) is 0 Å². The van der Waals surface area contributed by atoms with Crippen molar-refractivity contribution >= 4 is 22.7 Å². The normalized spacial score (nSPS) is 13.6. The fourth-order valence-electron chi connectivity index (χ4n) is 3.31. The van der Waals surface area contributed by atoms with E-state index in [2.05, 4.69) is 35.3 Å². The second-order valence-electron chi connectivity index (χ2n) is 6.25. The molecule has 4 aromatic rings. The van der Waals surface area contributed by atoms with E-state index in [1.54, 1.807) is 11.8 Å². The molecule has 0 saturated heterocycles. The molecule has 1 aliphatic rings. The van der Waals surface area contributed by atoms with E-state index in [1.807, 2.05) is 48.7 Å². The fraction of sp³-hybridized carbons (Fsp3) is 0.0455. The average Bonchev–Trinajstić information content (AvgIpc) is 2.71. The van der Waals surface area contributed by atoms with Crippen LogP contribution in [0, 0.1) is 0 Å². The van der Waals surface area contributed by atoms with Gasteiger partial charge in [-0.2, -0.15) is 0 Å². The molecule has 0 spiro atoms. The van der Waals surface area contributed by atoms with Crippen molar-refractivity contribution in [2.45, 2.75) is 15.8 Å². The highest BCUT2D eigenvalue weighted by Gasteiger charge is 2.20. The minimum Gasteiger partial charge on any atom is -0.455 e. The molecule has 0 aliphatic carbocycles.